The van der Waals surface area contributed by atoms with Crippen LogP contribution in [0, 0.1) is 0 Å². The van der Waals surface area contributed by atoms with E-state index in [-0.39, 0.29) is 24.1 Å². The fraction of sp³-hybridized carbons (Fsp3) is 0.385. The molecule has 6 heteroatoms. The highest BCUT2D eigenvalue weighted by Gasteiger charge is 2.12. The van der Waals surface area contributed by atoms with Gasteiger partial charge in [0, 0.05) is 17.4 Å². The zero-order valence-electron chi connectivity index (χ0n) is 11.1. The van der Waals surface area contributed by atoms with Gasteiger partial charge >= 0.3 is 5.97 Å². The van der Waals surface area contributed by atoms with E-state index >= 15 is 0 Å². The number of esters is 1. The van der Waals surface area contributed by atoms with Crippen LogP contribution >= 0.6 is 0 Å². The minimum atomic E-state index is -0.627. The maximum atomic E-state index is 11.7. The van der Waals surface area contributed by atoms with E-state index < -0.39 is 5.97 Å². The van der Waals surface area contributed by atoms with Crippen LogP contribution in [0.15, 0.2) is 18.2 Å². The van der Waals surface area contributed by atoms with Gasteiger partial charge < -0.3 is 21.5 Å². The van der Waals surface area contributed by atoms with Crippen molar-refractivity contribution in [2.24, 2.45) is 0 Å². The van der Waals surface area contributed by atoms with Crippen molar-refractivity contribution in [1.29, 1.82) is 0 Å². The molecule has 5 N–H and O–H groups in total. The third-order valence-corrected chi connectivity index (χ3v) is 2.57. The Bertz CT molecular complexity index is 454. The highest BCUT2D eigenvalue weighted by Crippen LogP contribution is 2.14. The lowest BCUT2D eigenvalue weighted by Gasteiger charge is -2.11. The summed E-state index contributed by atoms with van der Waals surface area (Å²) in [4.78, 5) is 23.1. The Balaban J connectivity index is 2.53. The van der Waals surface area contributed by atoms with E-state index in [9.17, 15) is 9.59 Å². The molecule has 0 fully saturated rings. The SMILES string of the molecule is CCC(C)NC(=O)COC(=O)c1cc(N)cc(N)c1. The van der Waals surface area contributed by atoms with Crippen molar-refractivity contribution >= 4 is 23.3 Å². The number of nitrogen functional groups attached to an aromatic ring is 2. The van der Waals surface area contributed by atoms with Crippen LogP contribution in [0.4, 0.5) is 11.4 Å². The molecule has 0 radical (unpaired) electrons. The molecule has 1 aromatic carbocycles. The molecule has 6 nitrogen and oxygen atoms in total. The van der Waals surface area contributed by atoms with Crippen molar-refractivity contribution in [3.8, 4) is 0 Å². The second-order valence-electron chi connectivity index (χ2n) is 4.34. The second kappa shape index (κ2) is 6.63. The Morgan fingerprint density at radius 2 is 1.84 bits per heavy atom. The molecule has 0 heterocycles. The first-order valence-corrected chi connectivity index (χ1v) is 6.05. The number of anilines is 2. The van der Waals surface area contributed by atoms with E-state index in [0.29, 0.717) is 11.4 Å². The van der Waals surface area contributed by atoms with Gasteiger partial charge in [0.25, 0.3) is 5.91 Å². The number of nitrogens with one attached hydrogen (secondary N) is 1. The maximum Gasteiger partial charge on any atom is 0.338 e. The van der Waals surface area contributed by atoms with Crippen LogP contribution in [0.25, 0.3) is 0 Å². The smallest absolute Gasteiger partial charge is 0.338 e. The Hall–Kier alpha value is -2.24. The van der Waals surface area contributed by atoms with Crippen LogP contribution in [-0.4, -0.2) is 24.5 Å². The molecule has 0 aliphatic carbocycles. The molecule has 1 unspecified atom stereocenters. The van der Waals surface area contributed by atoms with Crippen LogP contribution < -0.4 is 16.8 Å². The second-order valence-corrected chi connectivity index (χ2v) is 4.34. The lowest BCUT2D eigenvalue weighted by atomic mass is 10.2. The van der Waals surface area contributed by atoms with Crippen LogP contribution in [0.5, 0.6) is 0 Å². The molecule has 19 heavy (non-hydrogen) atoms. The van der Waals surface area contributed by atoms with Crippen LogP contribution in [0.2, 0.25) is 0 Å². The standard InChI is InChI=1S/C13H19N3O3/c1-3-8(2)16-12(17)7-19-13(18)9-4-10(14)6-11(15)5-9/h4-6,8H,3,7,14-15H2,1-2H3,(H,16,17). The molecular weight excluding hydrogens is 246 g/mol. The molecule has 0 saturated carbocycles. The first-order valence-electron chi connectivity index (χ1n) is 6.05. The molecule has 0 spiro atoms. The number of rotatable bonds is 5. The summed E-state index contributed by atoms with van der Waals surface area (Å²) in [7, 11) is 0. The first kappa shape index (κ1) is 14.8. The predicted octanol–water partition coefficient (Wildman–Crippen LogP) is 0.922. The van der Waals surface area contributed by atoms with E-state index in [4.69, 9.17) is 16.2 Å². The van der Waals surface area contributed by atoms with Gasteiger partial charge in [-0.15, -0.1) is 0 Å². The number of benzene rings is 1. The van der Waals surface area contributed by atoms with Crippen molar-refractivity contribution in [2.75, 3.05) is 18.1 Å². The van der Waals surface area contributed by atoms with E-state index in [1.807, 2.05) is 13.8 Å². The topological polar surface area (TPSA) is 107 Å². The van der Waals surface area contributed by atoms with Gasteiger partial charge in [-0.25, -0.2) is 4.79 Å². The molecule has 1 amide bonds. The van der Waals surface area contributed by atoms with Gasteiger partial charge in [-0.05, 0) is 31.5 Å². The van der Waals surface area contributed by atoms with Crippen LogP contribution in [-0.2, 0) is 9.53 Å². The van der Waals surface area contributed by atoms with Crippen molar-refractivity contribution < 1.29 is 14.3 Å². The van der Waals surface area contributed by atoms with E-state index in [0.717, 1.165) is 6.42 Å². The van der Waals surface area contributed by atoms with Gasteiger partial charge in [0.2, 0.25) is 0 Å². The molecule has 0 saturated heterocycles. The minimum absolute atomic E-state index is 0.0502. The van der Waals surface area contributed by atoms with Crippen LogP contribution in [0.3, 0.4) is 0 Å². The van der Waals surface area contributed by atoms with E-state index in [2.05, 4.69) is 5.32 Å². The van der Waals surface area contributed by atoms with Crippen molar-refractivity contribution in [2.45, 2.75) is 26.3 Å². The van der Waals surface area contributed by atoms with Gasteiger partial charge in [0.1, 0.15) is 0 Å². The third kappa shape index (κ3) is 4.87. The summed E-state index contributed by atoms with van der Waals surface area (Å²) < 4.78 is 4.88. The highest BCUT2D eigenvalue weighted by atomic mass is 16.5. The summed E-state index contributed by atoms with van der Waals surface area (Å²) in [5, 5.41) is 2.69. The minimum Gasteiger partial charge on any atom is -0.452 e. The molecule has 0 aromatic heterocycles. The predicted molar refractivity (Wildman–Crippen MR) is 73.4 cm³/mol. The molecule has 104 valence electrons. The highest BCUT2D eigenvalue weighted by molar-refractivity contribution is 5.93. The maximum absolute atomic E-state index is 11.7. The Labute approximate surface area is 112 Å². The lowest BCUT2D eigenvalue weighted by Crippen LogP contribution is -2.35. The number of hydrogen-bond acceptors (Lipinski definition) is 5. The van der Waals surface area contributed by atoms with Crippen LogP contribution in [0.1, 0.15) is 30.6 Å². The summed E-state index contributed by atoms with van der Waals surface area (Å²) in [5.74, 6) is -0.960. The monoisotopic (exact) mass is 265 g/mol. The molecular formula is C13H19N3O3. The summed E-state index contributed by atoms with van der Waals surface area (Å²) in [6, 6.07) is 4.48. The Kier molecular flexibility index (Phi) is 5.17. The molecule has 0 aliphatic heterocycles. The molecule has 1 atom stereocenters. The van der Waals surface area contributed by atoms with Gasteiger partial charge in [-0.3, -0.25) is 4.79 Å². The van der Waals surface area contributed by atoms with Gasteiger partial charge in [-0.2, -0.15) is 0 Å². The number of hydrogen-bond donors (Lipinski definition) is 3. The number of ether oxygens (including phenoxy) is 1. The largest absolute Gasteiger partial charge is 0.452 e. The van der Waals surface area contributed by atoms with E-state index in [1.165, 1.54) is 18.2 Å². The average molecular weight is 265 g/mol. The fourth-order valence-electron chi connectivity index (χ4n) is 1.43. The summed E-state index contributed by atoms with van der Waals surface area (Å²) in [5.41, 5.74) is 12.1. The zero-order valence-corrected chi connectivity index (χ0v) is 11.1. The van der Waals surface area contributed by atoms with Crippen molar-refractivity contribution in [1.82, 2.24) is 5.32 Å². The van der Waals surface area contributed by atoms with Gasteiger partial charge in [-0.1, -0.05) is 6.92 Å². The molecule has 1 rings (SSSR count). The number of carbonyl (C=O) groups is 2. The Morgan fingerprint density at radius 1 is 1.26 bits per heavy atom. The molecule has 0 aliphatic rings. The fourth-order valence-corrected chi connectivity index (χ4v) is 1.43. The third-order valence-electron chi connectivity index (χ3n) is 2.57. The first-order chi connectivity index (χ1) is 8.92. The van der Waals surface area contributed by atoms with Gasteiger partial charge in [0.15, 0.2) is 6.61 Å². The molecule has 1 aromatic rings. The number of nitrogens with two attached hydrogens (primary N) is 2. The summed E-state index contributed by atoms with van der Waals surface area (Å²) in [6.07, 6.45) is 0.811. The average Bonchev–Trinajstić information content (AvgIpc) is 2.34. The lowest BCUT2D eigenvalue weighted by molar-refractivity contribution is -0.124. The van der Waals surface area contributed by atoms with E-state index in [1.54, 1.807) is 0 Å². The quantitative estimate of drug-likeness (QED) is 0.542. The van der Waals surface area contributed by atoms with Crippen molar-refractivity contribution in [3.05, 3.63) is 23.8 Å². The summed E-state index contributed by atoms with van der Waals surface area (Å²) >= 11 is 0. The molecule has 0 bridgehead atoms. The number of amides is 1. The van der Waals surface area contributed by atoms with Crippen molar-refractivity contribution in [3.63, 3.8) is 0 Å². The number of carbonyl (C=O) groups excluding carboxylic acids is 2. The Morgan fingerprint density at radius 3 is 2.37 bits per heavy atom. The summed E-state index contributed by atoms with van der Waals surface area (Å²) in [6.45, 7) is 3.50. The van der Waals surface area contributed by atoms with Gasteiger partial charge in [0.05, 0.1) is 5.56 Å². The zero-order chi connectivity index (χ0) is 14.4. The normalized spacial score (nSPS) is 11.7.